The molecule has 2 bridgehead atoms. The van der Waals surface area contributed by atoms with E-state index in [0.29, 0.717) is 12.6 Å². The minimum absolute atomic E-state index is 0.191. The Morgan fingerprint density at radius 2 is 2.06 bits per heavy atom. The molecule has 1 saturated carbocycles. The number of hydrogen-bond donors (Lipinski definition) is 1. The molecule has 1 aliphatic heterocycles. The van der Waals surface area contributed by atoms with Gasteiger partial charge in [0, 0.05) is 33.4 Å². The molecule has 0 aromatic carbocycles. The highest BCUT2D eigenvalue weighted by Gasteiger charge is 2.49. The van der Waals surface area contributed by atoms with Gasteiger partial charge in [-0.05, 0) is 32.1 Å². The van der Waals surface area contributed by atoms with E-state index in [4.69, 9.17) is 15.2 Å². The van der Waals surface area contributed by atoms with Crippen LogP contribution in [0.15, 0.2) is 0 Å². The van der Waals surface area contributed by atoms with Gasteiger partial charge in [-0.3, -0.25) is 4.90 Å². The minimum Gasteiger partial charge on any atom is -0.354 e. The Bertz CT molecular complexity index is 245. The van der Waals surface area contributed by atoms with Crippen molar-refractivity contribution in [2.24, 2.45) is 11.7 Å². The van der Waals surface area contributed by atoms with Crippen LogP contribution in [0.4, 0.5) is 0 Å². The van der Waals surface area contributed by atoms with Crippen molar-refractivity contribution in [3.8, 4) is 0 Å². The number of methoxy groups -OCH3 is 2. The van der Waals surface area contributed by atoms with Gasteiger partial charge < -0.3 is 15.2 Å². The summed E-state index contributed by atoms with van der Waals surface area (Å²) in [5.41, 5.74) is 5.78. The van der Waals surface area contributed by atoms with Crippen LogP contribution in [0.5, 0.6) is 0 Å². The first-order valence-electron chi connectivity index (χ1n) is 6.18. The molecular formula is C12H24N2O2. The molecule has 3 unspecified atom stereocenters. The van der Waals surface area contributed by atoms with E-state index in [1.165, 1.54) is 19.3 Å². The van der Waals surface area contributed by atoms with Crippen LogP contribution in [0.1, 0.15) is 26.2 Å². The SMILES string of the molecule is COC(OC)C(C)(CN)N1CC2CCC1C2. The predicted octanol–water partition coefficient (Wildman–Crippen LogP) is 0.807. The first-order chi connectivity index (χ1) is 7.65. The standard InChI is InChI=1S/C12H24N2O2/c1-12(8-13,11(15-2)16-3)14-7-9-4-5-10(14)6-9/h9-11H,4-8,13H2,1-3H3. The normalized spacial score (nSPS) is 33.6. The van der Waals surface area contributed by atoms with Crippen LogP contribution >= 0.6 is 0 Å². The lowest BCUT2D eigenvalue weighted by Crippen LogP contribution is -2.62. The average molecular weight is 228 g/mol. The van der Waals surface area contributed by atoms with Crippen LogP contribution in [-0.4, -0.2) is 50.1 Å². The summed E-state index contributed by atoms with van der Waals surface area (Å²) in [6.45, 7) is 3.88. The highest BCUT2D eigenvalue weighted by molar-refractivity contribution is 5.02. The van der Waals surface area contributed by atoms with Gasteiger partial charge in [0.25, 0.3) is 0 Å². The van der Waals surface area contributed by atoms with Crippen molar-refractivity contribution >= 4 is 0 Å². The lowest BCUT2D eigenvalue weighted by Gasteiger charge is -2.46. The third-order valence-electron chi connectivity index (χ3n) is 4.41. The summed E-state index contributed by atoms with van der Waals surface area (Å²) in [6, 6.07) is 0.686. The van der Waals surface area contributed by atoms with Crippen molar-refractivity contribution in [1.29, 1.82) is 0 Å². The van der Waals surface area contributed by atoms with Gasteiger partial charge in [0.2, 0.25) is 0 Å². The number of piperidine rings is 1. The van der Waals surface area contributed by atoms with Gasteiger partial charge in [-0.15, -0.1) is 0 Å². The number of likely N-dealkylation sites (tertiary alicyclic amines) is 1. The minimum atomic E-state index is -0.239. The van der Waals surface area contributed by atoms with Crippen molar-refractivity contribution < 1.29 is 9.47 Å². The molecule has 1 aliphatic carbocycles. The van der Waals surface area contributed by atoms with Crippen molar-refractivity contribution in [2.45, 2.75) is 44.1 Å². The maximum Gasteiger partial charge on any atom is 0.176 e. The number of fused-ring (bicyclic) bond motifs is 2. The molecule has 0 aromatic rings. The molecule has 0 amide bonds. The topological polar surface area (TPSA) is 47.7 Å². The zero-order chi connectivity index (χ0) is 11.8. The molecular weight excluding hydrogens is 204 g/mol. The molecule has 2 fully saturated rings. The van der Waals surface area contributed by atoms with Gasteiger partial charge in [0.15, 0.2) is 6.29 Å². The van der Waals surface area contributed by atoms with E-state index in [9.17, 15) is 0 Å². The second-order valence-corrected chi connectivity index (χ2v) is 5.35. The van der Waals surface area contributed by atoms with Gasteiger partial charge >= 0.3 is 0 Å². The quantitative estimate of drug-likeness (QED) is 0.707. The van der Waals surface area contributed by atoms with Crippen LogP contribution in [0.2, 0.25) is 0 Å². The lowest BCUT2D eigenvalue weighted by molar-refractivity contribution is -0.186. The molecule has 1 heterocycles. The smallest absolute Gasteiger partial charge is 0.176 e. The molecule has 16 heavy (non-hydrogen) atoms. The molecule has 2 rings (SSSR count). The number of hydrogen-bond acceptors (Lipinski definition) is 4. The summed E-state index contributed by atoms with van der Waals surface area (Å²) in [5.74, 6) is 0.866. The molecule has 2 aliphatic rings. The van der Waals surface area contributed by atoms with Gasteiger partial charge in [-0.2, -0.15) is 0 Å². The molecule has 1 saturated heterocycles. The van der Waals surface area contributed by atoms with Crippen LogP contribution in [0.25, 0.3) is 0 Å². The molecule has 4 nitrogen and oxygen atoms in total. The fourth-order valence-corrected chi connectivity index (χ4v) is 3.50. The average Bonchev–Trinajstić information content (AvgIpc) is 2.92. The van der Waals surface area contributed by atoms with Crippen LogP contribution in [-0.2, 0) is 9.47 Å². The second kappa shape index (κ2) is 4.61. The molecule has 0 aromatic heterocycles. The molecule has 94 valence electrons. The second-order valence-electron chi connectivity index (χ2n) is 5.35. The Hall–Kier alpha value is -0.160. The number of rotatable bonds is 5. The Balaban J connectivity index is 2.14. The molecule has 3 atom stereocenters. The Labute approximate surface area is 98.1 Å². The van der Waals surface area contributed by atoms with Crippen molar-refractivity contribution in [2.75, 3.05) is 27.3 Å². The van der Waals surface area contributed by atoms with Gasteiger partial charge in [-0.1, -0.05) is 0 Å². The van der Waals surface area contributed by atoms with Crippen molar-refractivity contribution in [3.63, 3.8) is 0 Å². The summed E-state index contributed by atoms with van der Waals surface area (Å²) < 4.78 is 10.9. The van der Waals surface area contributed by atoms with Gasteiger partial charge in [0.05, 0.1) is 5.54 Å². The largest absolute Gasteiger partial charge is 0.354 e. The van der Waals surface area contributed by atoms with Gasteiger partial charge in [0.1, 0.15) is 0 Å². The van der Waals surface area contributed by atoms with Crippen LogP contribution < -0.4 is 5.73 Å². The van der Waals surface area contributed by atoms with E-state index in [2.05, 4.69) is 11.8 Å². The predicted molar refractivity (Wildman–Crippen MR) is 63.1 cm³/mol. The van der Waals surface area contributed by atoms with Gasteiger partial charge in [-0.25, -0.2) is 0 Å². The zero-order valence-corrected chi connectivity index (χ0v) is 10.6. The van der Waals surface area contributed by atoms with E-state index < -0.39 is 0 Å². The summed E-state index contributed by atoms with van der Waals surface area (Å²) in [5, 5.41) is 0. The number of ether oxygens (including phenoxy) is 2. The summed E-state index contributed by atoms with van der Waals surface area (Å²) in [4.78, 5) is 2.51. The van der Waals surface area contributed by atoms with Crippen LogP contribution in [0, 0.1) is 5.92 Å². The van der Waals surface area contributed by atoms with Crippen molar-refractivity contribution in [1.82, 2.24) is 4.90 Å². The third kappa shape index (κ3) is 1.78. The Morgan fingerprint density at radius 1 is 1.38 bits per heavy atom. The lowest BCUT2D eigenvalue weighted by atomic mass is 9.95. The first-order valence-corrected chi connectivity index (χ1v) is 6.18. The van der Waals surface area contributed by atoms with Crippen molar-refractivity contribution in [3.05, 3.63) is 0 Å². The fraction of sp³-hybridized carbons (Fsp3) is 1.00. The number of nitrogens with zero attached hydrogens (tertiary/aromatic N) is 1. The third-order valence-corrected chi connectivity index (χ3v) is 4.41. The number of nitrogens with two attached hydrogens (primary N) is 1. The Kier molecular flexibility index (Phi) is 3.54. The Morgan fingerprint density at radius 3 is 2.44 bits per heavy atom. The summed E-state index contributed by atoms with van der Waals surface area (Å²) in [6.07, 6.45) is 3.78. The fourth-order valence-electron chi connectivity index (χ4n) is 3.50. The maximum absolute atomic E-state index is 5.97. The highest BCUT2D eigenvalue weighted by Crippen LogP contribution is 2.42. The monoisotopic (exact) mass is 228 g/mol. The maximum atomic E-state index is 5.97. The summed E-state index contributed by atoms with van der Waals surface area (Å²) >= 11 is 0. The van der Waals surface area contributed by atoms with E-state index in [1.807, 2.05) is 0 Å². The first kappa shape index (κ1) is 12.3. The molecule has 2 N–H and O–H groups in total. The van der Waals surface area contributed by atoms with E-state index >= 15 is 0 Å². The molecule has 0 radical (unpaired) electrons. The zero-order valence-electron chi connectivity index (χ0n) is 10.6. The molecule has 4 heteroatoms. The molecule has 0 spiro atoms. The van der Waals surface area contributed by atoms with E-state index in [1.54, 1.807) is 14.2 Å². The van der Waals surface area contributed by atoms with Crippen LogP contribution in [0.3, 0.4) is 0 Å². The van der Waals surface area contributed by atoms with E-state index in [0.717, 1.165) is 12.5 Å². The highest BCUT2D eigenvalue weighted by atomic mass is 16.7. The van der Waals surface area contributed by atoms with E-state index in [-0.39, 0.29) is 11.8 Å². The summed E-state index contributed by atoms with van der Waals surface area (Å²) in [7, 11) is 3.38.